The first-order chi connectivity index (χ1) is 10.6. The van der Waals surface area contributed by atoms with Crippen LogP contribution < -0.4 is 4.90 Å². The number of benzene rings is 1. The lowest BCUT2D eigenvalue weighted by Gasteiger charge is -2.35. The fourth-order valence-corrected chi connectivity index (χ4v) is 3.20. The summed E-state index contributed by atoms with van der Waals surface area (Å²) >= 11 is 0. The standard InChI is InChI=1S/C17H27N3O2/c1-3-4-11-18(2)14-15-9-12-19(13-10-15)16-7-5-6-8-17(16)20(21)22/h5-8,15H,3-4,9-14H2,1-2H3. The van der Waals surface area contributed by atoms with Gasteiger partial charge in [-0.2, -0.15) is 0 Å². The minimum absolute atomic E-state index is 0.223. The average molecular weight is 305 g/mol. The molecule has 0 atom stereocenters. The van der Waals surface area contributed by atoms with Crippen molar-refractivity contribution in [3.05, 3.63) is 34.4 Å². The van der Waals surface area contributed by atoms with Gasteiger partial charge in [0.15, 0.2) is 0 Å². The molecule has 0 spiro atoms. The van der Waals surface area contributed by atoms with Crippen LogP contribution in [-0.4, -0.2) is 43.0 Å². The number of rotatable bonds is 7. The third-order valence-corrected chi connectivity index (χ3v) is 4.50. The summed E-state index contributed by atoms with van der Waals surface area (Å²) in [6.45, 7) is 6.36. The average Bonchev–Trinajstić information content (AvgIpc) is 2.53. The van der Waals surface area contributed by atoms with E-state index in [9.17, 15) is 10.1 Å². The Kier molecular flexibility index (Phi) is 6.19. The maximum atomic E-state index is 11.1. The fraction of sp³-hybridized carbons (Fsp3) is 0.647. The number of hydrogen-bond acceptors (Lipinski definition) is 4. The van der Waals surface area contributed by atoms with Crippen molar-refractivity contribution in [2.75, 3.05) is 38.1 Å². The Bertz CT molecular complexity index is 485. The Morgan fingerprint density at radius 1 is 1.32 bits per heavy atom. The highest BCUT2D eigenvalue weighted by Gasteiger charge is 2.24. The van der Waals surface area contributed by atoms with Gasteiger partial charge in [-0.15, -0.1) is 0 Å². The molecular weight excluding hydrogens is 278 g/mol. The molecule has 1 saturated heterocycles. The SMILES string of the molecule is CCCCN(C)CC1CCN(c2ccccc2[N+](=O)[O-])CC1. The molecule has 0 unspecified atom stereocenters. The van der Waals surface area contributed by atoms with Crippen LogP contribution in [-0.2, 0) is 0 Å². The molecule has 1 aliphatic rings. The van der Waals surface area contributed by atoms with Crippen LogP contribution in [0.15, 0.2) is 24.3 Å². The van der Waals surface area contributed by atoms with Gasteiger partial charge in [0.25, 0.3) is 5.69 Å². The summed E-state index contributed by atoms with van der Waals surface area (Å²) in [4.78, 5) is 15.5. The fourth-order valence-electron chi connectivity index (χ4n) is 3.20. The number of nitro groups is 1. The Morgan fingerprint density at radius 3 is 2.64 bits per heavy atom. The first-order valence-corrected chi connectivity index (χ1v) is 8.28. The van der Waals surface area contributed by atoms with Gasteiger partial charge in [0, 0.05) is 25.7 Å². The van der Waals surface area contributed by atoms with Crippen molar-refractivity contribution in [1.82, 2.24) is 4.90 Å². The van der Waals surface area contributed by atoms with Crippen LogP contribution in [0, 0.1) is 16.0 Å². The zero-order valence-electron chi connectivity index (χ0n) is 13.7. The molecule has 0 bridgehead atoms. The van der Waals surface area contributed by atoms with Gasteiger partial charge in [0.1, 0.15) is 5.69 Å². The summed E-state index contributed by atoms with van der Waals surface area (Å²) in [5, 5.41) is 11.1. The lowest BCUT2D eigenvalue weighted by molar-refractivity contribution is -0.384. The summed E-state index contributed by atoms with van der Waals surface area (Å²) in [6, 6.07) is 7.08. The van der Waals surface area contributed by atoms with E-state index in [0.29, 0.717) is 5.92 Å². The van der Waals surface area contributed by atoms with Crippen molar-refractivity contribution >= 4 is 11.4 Å². The lowest BCUT2D eigenvalue weighted by Crippen LogP contribution is -2.38. The van der Waals surface area contributed by atoms with E-state index in [1.165, 1.54) is 19.4 Å². The van der Waals surface area contributed by atoms with Crippen molar-refractivity contribution in [3.8, 4) is 0 Å². The van der Waals surface area contributed by atoms with E-state index in [1.807, 2.05) is 12.1 Å². The second-order valence-electron chi connectivity index (χ2n) is 6.29. The first-order valence-electron chi connectivity index (χ1n) is 8.28. The zero-order valence-corrected chi connectivity index (χ0v) is 13.7. The quantitative estimate of drug-likeness (QED) is 0.571. The number of nitro benzene ring substituents is 1. The molecule has 2 rings (SSSR count). The number of para-hydroxylation sites is 2. The molecular formula is C17H27N3O2. The first kappa shape index (κ1) is 16.7. The Morgan fingerprint density at radius 2 is 2.00 bits per heavy atom. The van der Waals surface area contributed by atoms with Crippen LogP contribution in [0.2, 0.25) is 0 Å². The van der Waals surface area contributed by atoms with E-state index in [4.69, 9.17) is 0 Å². The molecule has 22 heavy (non-hydrogen) atoms. The van der Waals surface area contributed by atoms with E-state index in [-0.39, 0.29) is 10.6 Å². The number of piperidine rings is 1. The van der Waals surface area contributed by atoms with E-state index < -0.39 is 0 Å². The van der Waals surface area contributed by atoms with Crippen molar-refractivity contribution in [3.63, 3.8) is 0 Å². The number of unbranched alkanes of at least 4 members (excludes halogenated alkanes) is 1. The van der Waals surface area contributed by atoms with E-state index in [1.54, 1.807) is 12.1 Å². The van der Waals surface area contributed by atoms with Crippen molar-refractivity contribution in [1.29, 1.82) is 0 Å². The monoisotopic (exact) mass is 305 g/mol. The molecule has 1 heterocycles. The third-order valence-electron chi connectivity index (χ3n) is 4.50. The van der Waals surface area contributed by atoms with Gasteiger partial charge < -0.3 is 9.80 Å². The highest BCUT2D eigenvalue weighted by atomic mass is 16.6. The van der Waals surface area contributed by atoms with Crippen LogP contribution >= 0.6 is 0 Å². The molecule has 122 valence electrons. The maximum absolute atomic E-state index is 11.1. The molecule has 1 aromatic rings. The highest BCUT2D eigenvalue weighted by molar-refractivity contribution is 5.63. The molecule has 5 heteroatoms. The molecule has 0 aromatic heterocycles. The second-order valence-corrected chi connectivity index (χ2v) is 6.29. The van der Waals surface area contributed by atoms with Gasteiger partial charge in [-0.3, -0.25) is 10.1 Å². The largest absolute Gasteiger partial charge is 0.366 e. The van der Waals surface area contributed by atoms with Gasteiger partial charge in [-0.25, -0.2) is 0 Å². The normalized spacial score (nSPS) is 16.2. The molecule has 0 amide bonds. The minimum Gasteiger partial charge on any atom is -0.366 e. The van der Waals surface area contributed by atoms with Crippen LogP contribution in [0.3, 0.4) is 0 Å². The lowest BCUT2D eigenvalue weighted by atomic mass is 9.95. The predicted molar refractivity (Wildman–Crippen MR) is 90.4 cm³/mol. The van der Waals surface area contributed by atoms with Gasteiger partial charge in [0.05, 0.1) is 4.92 Å². The molecule has 0 N–H and O–H groups in total. The highest BCUT2D eigenvalue weighted by Crippen LogP contribution is 2.31. The van der Waals surface area contributed by atoms with Crippen LogP contribution in [0.1, 0.15) is 32.6 Å². The Hall–Kier alpha value is -1.62. The van der Waals surface area contributed by atoms with E-state index in [0.717, 1.165) is 38.2 Å². The van der Waals surface area contributed by atoms with Crippen LogP contribution in [0.4, 0.5) is 11.4 Å². The molecule has 1 fully saturated rings. The topological polar surface area (TPSA) is 49.6 Å². The molecule has 0 aliphatic carbocycles. The van der Waals surface area contributed by atoms with Gasteiger partial charge in [-0.1, -0.05) is 25.5 Å². The number of nitrogens with zero attached hydrogens (tertiary/aromatic N) is 3. The van der Waals surface area contributed by atoms with Crippen LogP contribution in [0.5, 0.6) is 0 Å². The molecule has 5 nitrogen and oxygen atoms in total. The summed E-state index contributed by atoms with van der Waals surface area (Å²) in [5.74, 6) is 0.709. The summed E-state index contributed by atoms with van der Waals surface area (Å²) in [5.41, 5.74) is 0.992. The zero-order chi connectivity index (χ0) is 15.9. The van der Waals surface area contributed by atoms with Gasteiger partial charge in [-0.05, 0) is 44.8 Å². The number of anilines is 1. The smallest absolute Gasteiger partial charge is 0.292 e. The predicted octanol–water partition coefficient (Wildman–Crippen LogP) is 3.54. The van der Waals surface area contributed by atoms with Gasteiger partial charge >= 0.3 is 0 Å². The number of hydrogen-bond donors (Lipinski definition) is 0. The van der Waals surface area contributed by atoms with Crippen molar-refractivity contribution in [2.45, 2.75) is 32.6 Å². The Balaban J connectivity index is 1.88. The van der Waals surface area contributed by atoms with E-state index in [2.05, 4.69) is 23.8 Å². The summed E-state index contributed by atoms with van der Waals surface area (Å²) in [6.07, 6.45) is 4.72. The molecule has 0 saturated carbocycles. The molecule has 1 aliphatic heterocycles. The third kappa shape index (κ3) is 4.44. The summed E-state index contributed by atoms with van der Waals surface area (Å²) in [7, 11) is 2.20. The minimum atomic E-state index is -0.278. The van der Waals surface area contributed by atoms with E-state index >= 15 is 0 Å². The Labute approximate surface area is 133 Å². The van der Waals surface area contributed by atoms with Crippen molar-refractivity contribution in [2.24, 2.45) is 5.92 Å². The summed E-state index contributed by atoms with van der Waals surface area (Å²) < 4.78 is 0. The molecule has 0 radical (unpaired) electrons. The van der Waals surface area contributed by atoms with Crippen LogP contribution in [0.25, 0.3) is 0 Å². The van der Waals surface area contributed by atoms with Gasteiger partial charge in [0.2, 0.25) is 0 Å². The van der Waals surface area contributed by atoms with Crippen molar-refractivity contribution < 1.29 is 4.92 Å². The molecule has 1 aromatic carbocycles. The second kappa shape index (κ2) is 8.13. The maximum Gasteiger partial charge on any atom is 0.292 e.